The summed E-state index contributed by atoms with van der Waals surface area (Å²) >= 11 is 0. The van der Waals surface area contributed by atoms with Crippen LogP contribution in [0.15, 0.2) is 60.7 Å². The van der Waals surface area contributed by atoms with Crippen LogP contribution in [0.5, 0.6) is 0 Å². The second kappa shape index (κ2) is 18.1. The van der Waals surface area contributed by atoms with Gasteiger partial charge in [0.1, 0.15) is 18.1 Å². The van der Waals surface area contributed by atoms with E-state index in [-0.39, 0.29) is 36.2 Å². The molecule has 1 saturated carbocycles. The second-order valence-corrected chi connectivity index (χ2v) is 13.9. The van der Waals surface area contributed by atoms with Gasteiger partial charge in [-0.2, -0.15) is 0 Å². The Hall–Kier alpha value is -3.80. The van der Waals surface area contributed by atoms with E-state index in [4.69, 9.17) is 11.5 Å². The summed E-state index contributed by atoms with van der Waals surface area (Å²) in [6.07, 6.45) is 4.03. The molecule has 48 heavy (non-hydrogen) atoms. The quantitative estimate of drug-likeness (QED) is 0.139. The molecule has 2 aromatic carbocycles. The number of hydrogen-bond donors (Lipinski definition) is 6. The standard InChI is InChI=1S/C37H54N6O5/c1-24(2)19-31(35(46)40-30(15-9-10-18-38)37(48)43-22-27-16-17-28(23-43)33(27)44)42-36(47)32(21-26-13-7-4-8-14-26)41-34(45)29(39)20-25-11-5-3-6-12-25/h3-8,11-14,24,27-33,44H,9-10,15-23,38-39H2,1-2H3,(H,40,46)(H,41,45)(H,42,47). The summed E-state index contributed by atoms with van der Waals surface area (Å²) in [5.74, 6) is -1.43. The van der Waals surface area contributed by atoms with E-state index < -0.39 is 41.9 Å². The Morgan fingerprint density at radius 1 is 0.771 bits per heavy atom. The van der Waals surface area contributed by atoms with Crippen molar-refractivity contribution in [2.75, 3.05) is 19.6 Å². The number of nitrogens with zero attached hydrogens (tertiary/aromatic N) is 1. The minimum atomic E-state index is -0.985. The van der Waals surface area contributed by atoms with E-state index in [0.717, 1.165) is 24.0 Å². The van der Waals surface area contributed by atoms with E-state index >= 15 is 0 Å². The number of nitrogens with one attached hydrogen (secondary N) is 3. The highest BCUT2D eigenvalue weighted by Crippen LogP contribution is 2.37. The fraction of sp³-hybridized carbons (Fsp3) is 0.568. The molecule has 0 radical (unpaired) electrons. The van der Waals surface area contributed by atoms with Gasteiger partial charge in [-0.25, -0.2) is 0 Å². The molecule has 1 aliphatic carbocycles. The minimum absolute atomic E-state index is 0.0492. The number of piperidine rings is 1. The first-order chi connectivity index (χ1) is 23.0. The number of aliphatic hydroxyl groups is 1. The molecule has 2 bridgehead atoms. The van der Waals surface area contributed by atoms with Crippen molar-refractivity contribution in [1.82, 2.24) is 20.9 Å². The Kier molecular flexibility index (Phi) is 14.0. The van der Waals surface area contributed by atoms with E-state index in [2.05, 4.69) is 16.0 Å². The van der Waals surface area contributed by atoms with Gasteiger partial charge in [-0.1, -0.05) is 74.5 Å². The summed E-state index contributed by atoms with van der Waals surface area (Å²) < 4.78 is 0. The summed E-state index contributed by atoms with van der Waals surface area (Å²) in [7, 11) is 0. The number of likely N-dealkylation sites (tertiary alicyclic amines) is 1. The molecule has 2 fully saturated rings. The molecule has 1 heterocycles. The maximum Gasteiger partial charge on any atom is 0.245 e. The second-order valence-electron chi connectivity index (χ2n) is 13.9. The highest BCUT2D eigenvalue weighted by Gasteiger charge is 2.43. The van der Waals surface area contributed by atoms with E-state index in [1.807, 2.05) is 74.5 Å². The third-order valence-electron chi connectivity index (χ3n) is 9.55. The molecule has 1 saturated heterocycles. The Labute approximate surface area is 284 Å². The molecule has 0 aromatic heterocycles. The first-order valence-corrected chi connectivity index (χ1v) is 17.5. The van der Waals surface area contributed by atoms with Gasteiger partial charge < -0.3 is 37.4 Å². The Morgan fingerprint density at radius 2 is 1.29 bits per heavy atom. The lowest BCUT2D eigenvalue weighted by atomic mass is 9.94. The van der Waals surface area contributed by atoms with Crippen LogP contribution in [0.4, 0.5) is 0 Å². The number of amides is 4. The summed E-state index contributed by atoms with van der Waals surface area (Å²) in [5, 5.41) is 19.2. The van der Waals surface area contributed by atoms with Crippen molar-refractivity contribution in [3.63, 3.8) is 0 Å². The van der Waals surface area contributed by atoms with E-state index in [0.29, 0.717) is 51.7 Å². The zero-order chi connectivity index (χ0) is 34.6. The smallest absolute Gasteiger partial charge is 0.245 e. The maximum atomic E-state index is 13.9. The first kappa shape index (κ1) is 37.0. The van der Waals surface area contributed by atoms with E-state index in [1.54, 1.807) is 4.90 Å². The third-order valence-corrected chi connectivity index (χ3v) is 9.55. The molecule has 2 aromatic rings. The van der Waals surface area contributed by atoms with Gasteiger partial charge in [-0.3, -0.25) is 19.2 Å². The number of carbonyl (C=O) groups excluding carboxylic acids is 4. The third kappa shape index (κ3) is 10.6. The SMILES string of the molecule is CC(C)CC(NC(=O)C(Cc1ccccc1)NC(=O)C(N)Cc1ccccc1)C(=O)NC(CCCCN)C(=O)N1CC2CCC(C1)C2O. The summed E-state index contributed by atoms with van der Waals surface area (Å²) in [6.45, 7) is 5.33. The van der Waals surface area contributed by atoms with Crippen molar-refractivity contribution >= 4 is 23.6 Å². The van der Waals surface area contributed by atoms with Gasteiger partial charge in [0.05, 0.1) is 12.1 Å². The monoisotopic (exact) mass is 662 g/mol. The fourth-order valence-corrected chi connectivity index (χ4v) is 6.89. The average molecular weight is 663 g/mol. The van der Waals surface area contributed by atoms with Crippen LogP contribution < -0.4 is 27.4 Å². The Balaban J connectivity index is 1.48. The van der Waals surface area contributed by atoms with E-state index in [1.165, 1.54) is 0 Å². The summed E-state index contributed by atoms with van der Waals surface area (Å²) in [6, 6.07) is 15.2. The molecule has 11 nitrogen and oxygen atoms in total. The predicted molar refractivity (Wildman–Crippen MR) is 185 cm³/mol. The van der Waals surface area contributed by atoms with Crippen molar-refractivity contribution in [3.8, 4) is 0 Å². The van der Waals surface area contributed by atoms with Crippen LogP contribution in [0, 0.1) is 17.8 Å². The number of fused-ring (bicyclic) bond motifs is 2. The molecule has 4 rings (SSSR count). The molecule has 1 aliphatic heterocycles. The van der Waals surface area contributed by atoms with Gasteiger partial charge in [-0.05, 0) is 68.5 Å². The van der Waals surface area contributed by atoms with Crippen LogP contribution >= 0.6 is 0 Å². The van der Waals surface area contributed by atoms with Crippen LogP contribution in [-0.4, -0.2) is 83.5 Å². The lowest BCUT2D eigenvalue weighted by molar-refractivity contribution is -0.141. The van der Waals surface area contributed by atoms with Crippen molar-refractivity contribution in [2.24, 2.45) is 29.2 Å². The van der Waals surface area contributed by atoms with Crippen LogP contribution in [0.1, 0.15) is 63.5 Å². The maximum absolute atomic E-state index is 13.9. The fourth-order valence-electron chi connectivity index (χ4n) is 6.89. The Bertz CT molecular complexity index is 1330. The topological polar surface area (TPSA) is 180 Å². The lowest BCUT2D eigenvalue weighted by Gasteiger charge is -2.37. The number of hydrogen-bond acceptors (Lipinski definition) is 7. The first-order valence-electron chi connectivity index (χ1n) is 17.5. The highest BCUT2D eigenvalue weighted by atomic mass is 16.3. The molecule has 0 spiro atoms. The molecule has 2 aliphatic rings. The normalized spacial score (nSPS) is 21.2. The van der Waals surface area contributed by atoms with Crippen molar-refractivity contribution in [2.45, 2.75) is 95.5 Å². The summed E-state index contributed by atoms with van der Waals surface area (Å²) in [5.41, 5.74) is 13.7. The molecular formula is C37H54N6O5. The molecule has 8 N–H and O–H groups in total. The zero-order valence-electron chi connectivity index (χ0n) is 28.4. The molecule has 6 atom stereocenters. The average Bonchev–Trinajstić information content (AvgIpc) is 3.26. The number of nitrogens with two attached hydrogens (primary N) is 2. The van der Waals surface area contributed by atoms with Crippen LogP contribution in [0.2, 0.25) is 0 Å². The van der Waals surface area contributed by atoms with Gasteiger partial charge in [0.2, 0.25) is 23.6 Å². The Morgan fingerprint density at radius 3 is 1.85 bits per heavy atom. The lowest BCUT2D eigenvalue weighted by Crippen LogP contribution is -2.59. The van der Waals surface area contributed by atoms with Crippen molar-refractivity contribution in [3.05, 3.63) is 71.8 Å². The number of unbranched alkanes of at least 4 members (excludes halogenated alkanes) is 1. The molecule has 11 heteroatoms. The number of rotatable bonds is 17. The van der Waals surface area contributed by atoms with Crippen LogP contribution in [0.3, 0.4) is 0 Å². The van der Waals surface area contributed by atoms with Crippen molar-refractivity contribution in [1.29, 1.82) is 0 Å². The summed E-state index contributed by atoms with van der Waals surface area (Å²) in [4.78, 5) is 56.6. The van der Waals surface area contributed by atoms with Crippen LogP contribution in [-0.2, 0) is 32.0 Å². The van der Waals surface area contributed by atoms with Gasteiger partial charge in [-0.15, -0.1) is 0 Å². The molecule has 4 amide bonds. The molecule has 6 unspecified atom stereocenters. The number of aliphatic hydroxyl groups excluding tert-OH is 1. The van der Waals surface area contributed by atoms with Gasteiger partial charge in [0.25, 0.3) is 0 Å². The van der Waals surface area contributed by atoms with Crippen LogP contribution in [0.25, 0.3) is 0 Å². The number of benzene rings is 2. The minimum Gasteiger partial charge on any atom is -0.392 e. The zero-order valence-corrected chi connectivity index (χ0v) is 28.4. The van der Waals surface area contributed by atoms with E-state index in [9.17, 15) is 24.3 Å². The van der Waals surface area contributed by atoms with Gasteiger partial charge >= 0.3 is 0 Å². The van der Waals surface area contributed by atoms with Gasteiger partial charge in [0.15, 0.2) is 0 Å². The van der Waals surface area contributed by atoms with Crippen molar-refractivity contribution < 1.29 is 24.3 Å². The molecule has 262 valence electrons. The molecular weight excluding hydrogens is 608 g/mol. The largest absolute Gasteiger partial charge is 0.392 e. The van der Waals surface area contributed by atoms with Gasteiger partial charge in [0, 0.05) is 31.3 Å². The predicted octanol–water partition coefficient (Wildman–Crippen LogP) is 1.66. The number of carbonyl (C=O) groups is 4. The highest BCUT2D eigenvalue weighted by molar-refractivity contribution is 5.95.